The van der Waals surface area contributed by atoms with Gasteiger partial charge in [-0.05, 0) is 6.42 Å². The molecule has 4 heteroatoms. The quantitative estimate of drug-likeness (QED) is 0.601. The Morgan fingerprint density at radius 1 is 1.25 bits per heavy atom. The number of nitrogens with zero attached hydrogens (tertiary/aromatic N) is 1. The van der Waals surface area contributed by atoms with Crippen LogP contribution in [0.25, 0.3) is 0 Å². The molecule has 1 aliphatic rings. The van der Waals surface area contributed by atoms with Crippen molar-refractivity contribution in [2.24, 2.45) is 5.73 Å². The first-order chi connectivity index (χ1) is 2.93. The molecule has 0 unspecified atom stereocenters. The highest BCUT2D eigenvalue weighted by Crippen LogP contribution is 2.00. The van der Waals surface area contributed by atoms with Gasteiger partial charge in [0.25, 0.3) is 0 Å². The number of hydrogen-bond acceptors (Lipinski definition) is 2. The van der Waals surface area contributed by atoms with Crippen molar-refractivity contribution in [3.63, 3.8) is 0 Å². The molecular formula is C4H12Cl2N2. The lowest BCUT2D eigenvalue weighted by Gasteiger charge is -2.28. The van der Waals surface area contributed by atoms with E-state index >= 15 is 0 Å². The second-order valence-electron chi connectivity index (χ2n) is 1.65. The Morgan fingerprint density at radius 2 is 1.75 bits per heavy atom. The van der Waals surface area contributed by atoms with Crippen LogP contribution in [-0.4, -0.2) is 24.7 Å². The Morgan fingerprint density at radius 3 is 1.75 bits per heavy atom. The lowest BCUT2D eigenvalue weighted by Crippen LogP contribution is -2.40. The minimum absolute atomic E-state index is 0. The van der Waals surface area contributed by atoms with E-state index in [-0.39, 0.29) is 24.8 Å². The predicted molar refractivity (Wildman–Crippen MR) is 39.7 cm³/mol. The first-order valence-corrected chi connectivity index (χ1v) is 2.36. The third-order valence-corrected chi connectivity index (χ3v) is 1.21. The molecule has 2 N–H and O–H groups in total. The van der Waals surface area contributed by atoms with Gasteiger partial charge in [-0.25, -0.2) is 0 Å². The van der Waals surface area contributed by atoms with Gasteiger partial charge in [0.05, 0.1) is 0 Å². The SMILES string of the molecule is Cl.Cl.NCN1CCC1. The standard InChI is InChI=1S/C4H10N2.2ClH/c5-4-6-2-1-3-6;;/h1-5H2;2*1H. The van der Waals surface area contributed by atoms with Crippen molar-refractivity contribution in [2.75, 3.05) is 19.8 Å². The van der Waals surface area contributed by atoms with E-state index in [9.17, 15) is 0 Å². The molecule has 8 heavy (non-hydrogen) atoms. The van der Waals surface area contributed by atoms with Gasteiger partial charge in [-0.2, -0.15) is 0 Å². The Kier molecular flexibility index (Phi) is 7.97. The first-order valence-electron chi connectivity index (χ1n) is 2.36. The van der Waals surface area contributed by atoms with Crippen LogP contribution in [0.2, 0.25) is 0 Å². The molecule has 0 aromatic rings. The molecule has 1 aliphatic heterocycles. The first kappa shape index (κ1) is 11.3. The third-order valence-electron chi connectivity index (χ3n) is 1.21. The van der Waals surface area contributed by atoms with E-state index in [1.54, 1.807) is 0 Å². The largest absolute Gasteiger partial charge is 0.318 e. The summed E-state index contributed by atoms with van der Waals surface area (Å²) in [5.41, 5.74) is 5.26. The monoisotopic (exact) mass is 158 g/mol. The number of rotatable bonds is 1. The molecule has 0 aromatic carbocycles. The molecule has 2 nitrogen and oxygen atoms in total. The van der Waals surface area contributed by atoms with Crippen LogP contribution >= 0.6 is 24.8 Å². The van der Waals surface area contributed by atoms with Crippen LogP contribution in [0.15, 0.2) is 0 Å². The number of likely N-dealkylation sites (tertiary alicyclic amines) is 1. The zero-order valence-electron chi connectivity index (χ0n) is 4.67. The van der Waals surface area contributed by atoms with Crippen LogP contribution in [0, 0.1) is 0 Å². The molecule has 1 rings (SSSR count). The Hall–Kier alpha value is 0.500. The summed E-state index contributed by atoms with van der Waals surface area (Å²) in [6.07, 6.45) is 1.34. The summed E-state index contributed by atoms with van der Waals surface area (Å²) in [6, 6.07) is 0. The summed E-state index contributed by atoms with van der Waals surface area (Å²) >= 11 is 0. The van der Waals surface area contributed by atoms with E-state index in [1.165, 1.54) is 19.5 Å². The predicted octanol–water partition coefficient (Wildman–Crippen LogP) is 0.452. The maximum Gasteiger partial charge on any atom is 0.0455 e. The molecule has 0 spiro atoms. The van der Waals surface area contributed by atoms with E-state index in [0.29, 0.717) is 0 Å². The number of nitrogens with two attached hydrogens (primary N) is 1. The molecule has 1 fully saturated rings. The molecular weight excluding hydrogens is 147 g/mol. The fraction of sp³-hybridized carbons (Fsp3) is 1.00. The van der Waals surface area contributed by atoms with E-state index < -0.39 is 0 Å². The smallest absolute Gasteiger partial charge is 0.0455 e. The highest BCUT2D eigenvalue weighted by molar-refractivity contribution is 5.85. The summed E-state index contributed by atoms with van der Waals surface area (Å²) in [6.45, 7) is 3.19. The average molecular weight is 159 g/mol. The van der Waals surface area contributed by atoms with E-state index in [0.717, 1.165) is 6.67 Å². The number of halogens is 2. The van der Waals surface area contributed by atoms with Crippen molar-refractivity contribution < 1.29 is 0 Å². The minimum Gasteiger partial charge on any atom is -0.318 e. The third kappa shape index (κ3) is 2.72. The molecule has 1 saturated heterocycles. The van der Waals surface area contributed by atoms with E-state index in [1.807, 2.05) is 0 Å². The van der Waals surface area contributed by atoms with Crippen LogP contribution in [-0.2, 0) is 0 Å². The van der Waals surface area contributed by atoms with E-state index in [4.69, 9.17) is 5.73 Å². The molecule has 0 amide bonds. The summed E-state index contributed by atoms with van der Waals surface area (Å²) in [7, 11) is 0. The van der Waals surface area contributed by atoms with Crippen molar-refractivity contribution >= 4 is 24.8 Å². The second-order valence-corrected chi connectivity index (χ2v) is 1.65. The zero-order valence-corrected chi connectivity index (χ0v) is 6.30. The highest BCUT2D eigenvalue weighted by Gasteiger charge is 2.09. The Balaban J connectivity index is 0. The van der Waals surface area contributed by atoms with Crippen LogP contribution in [0.5, 0.6) is 0 Å². The van der Waals surface area contributed by atoms with Crippen molar-refractivity contribution in [3.05, 3.63) is 0 Å². The van der Waals surface area contributed by atoms with Crippen molar-refractivity contribution in [1.82, 2.24) is 4.90 Å². The summed E-state index contributed by atoms with van der Waals surface area (Å²) < 4.78 is 0. The van der Waals surface area contributed by atoms with Gasteiger partial charge in [0.2, 0.25) is 0 Å². The van der Waals surface area contributed by atoms with Crippen LogP contribution in [0.4, 0.5) is 0 Å². The minimum atomic E-state index is 0. The van der Waals surface area contributed by atoms with Crippen molar-refractivity contribution in [1.29, 1.82) is 0 Å². The Labute approximate surface area is 62.2 Å². The number of hydrogen-bond donors (Lipinski definition) is 1. The van der Waals surface area contributed by atoms with Crippen LogP contribution < -0.4 is 5.73 Å². The molecule has 1 heterocycles. The van der Waals surface area contributed by atoms with Gasteiger partial charge in [0.1, 0.15) is 0 Å². The van der Waals surface area contributed by atoms with Crippen molar-refractivity contribution in [2.45, 2.75) is 6.42 Å². The van der Waals surface area contributed by atoms with Gasteiger partial charge in [-0.3, -0.25) is 4.90 Å². The van der Waals surface area contributed by atoms with Gasteiger partial charge in [0.15, 0.2) is 0 Å². The topological polar surface area (TPSA) is 29.3 Å². The summed E-state index contributed by atoms with van der Waals surface area (Å²) in [5, 5.41) is 0. The lowest BCUT2D eigenvalue weighted by molar-refractivity contribution is 0.187. The van der Waals surface area contributed by atoms with Crippen LogP contribution in [0.1, 0.15) is 6.42 Å². The molecule has 0 aliphatic carbocycles. The molecule has 0 atom stereocenters. The molecule has 0 aromatic heterocycles. The molecule has 52 valence electrons. The normalized spacial score (nSPS) is 17.6. The van der Waals surface area contributed by atoms with Crippen molar-refractivity contribution in [3.8, 4) is 0 Å². The summed E-state index contributed by atoms with van der Waals surface area (Å²) in [4.78, 5) is 2.21. The maximum absolute atomic E-state index is 5.26. The lowest BCUT2D eigenvalue weighted by atomic mass is 10.2. The average Bonchev–Trinajstić information content (AvgIpc) is 1.31. The highest BCUT2D eigenvalue weighted by atomic mass is 35.5. The fourth-order valence-electron chi connectivity index (χ4n) is 0.564. The maximum atomic E-state index is 5.26. The molecule has 0 radical (unpaired) electrons. The molecule has 0 bridgehead atoms. The van der Waals surface area contributed by atoms with Gasteiger partial charge >= 0.3 is 0 Å². The van der Waals surface area contributed by atoms with Crippen LogP contribution in [0.3, 0.4) is 0 Å². The summed E-state index contributed by atoms with van der Waals surface area (Å²) in [5.74, 6) is 0. The van der Waals surface area contributed by atoms with Gasteiger partial charge in [0, 0.05) is 19.8 Å². The van der Waals surface area contributed by atoms with Gasteiger partial charge in [-0.15, -0.1) is 24.8 Å². The zero-order chi connectivity index (χ0) is 4.41. The van der Waals surface area contributed by atoms with E-state index in [2.05, 4.69) is 4.90 Å². The van der Waals surface area contributed by atoms with Gasteiger partial charge < -0.3 is 5.73 Å². The second kappa shape index (κ2) is 5.63. The van der Waals surface area contributed by atoms with Gasteiger partial charge in [-0.1, -0.05) is 0 Å². The molecule has 0 saturated carbocycles. The Bertz CT molecular complexity index is 44.5. The fourth-order valence-corrected chi connectivity index (χ4v) is 0.564.